The molecule has 0 fully saturated rings. The van der Waals surface area contributed by atoms with Gasteiger partial charge in [0.05, 0.1) is 0 Å². The summed E-state index contributed by atoms with van der Waals surface area (Å²) in [5.74, 6) is -3.22. The topological polar surface area (TPSA) is 69.7 Å². The van der Waals surface area contributed by atoms with Crippen LogP contribution in [0.25, 0.3) is 0 Å². The third kappa shape index (κ3) is 7.09. The summed E-state index contributed by atoms with van der Waals surface area (Å²) in [5.41, 5.74) is 0.649. The van der Waals surface area contributed by atoms with Crippen molar-refractivity contribution in [2.24, 2.45) is 0 Å². The highest BCUT2D eigenvalue weighted by Gasteiger charge is 2.37. The lowest BCUT2D eigenvalue weighted by molar-refractivity contribution is -0.152. The van der Waals surface area contributed by atoms with Crippen molar-refractivity contribution in [1.82, 2.24) is 0 Å². The van der Waals surface area contributed by atoms with E-state index in [0.29, 0.717) is 5.56 Å². The summed E-state index contributed by atoms with van der Waals surface area (Å²) in [6.45, 7) is 0.869. The van der Waals surface area contributed by atoms with E-state index < -0.39 is 34.1 Å². The van der Waals surface area contributed by atoms with Crippen molar-refractivity contribution in [2.45, 2.75) is 25.8 Å². The first kappa shape index (κ1) is 17.4. The maximum absolute atomic E-state index is 12.0. The number of esters is 1. The quantitative estimate of drug-likeness (QED) is 0.591. The molecule has 5 nitrogen and oxygen atoms in total. The number of halogens is 3. The Kier molecular flexibility index (Phi) is 5.73. The largest absolute Gasteiger partial charge is 0.459 e. The first-order chi connectivity index (χ1) is 9.59. The van der Waals surface area contributed by atoms with Gasteiger partial charge in [-0.1, -0.05) is 30.3 Å². The Balaban J connectivity index is 2.51. The van der Waals surface area contributed by atoms with Crippen molar-refractivity contribution < 1.29 is 35.3 Å². The highest BCUT2D eigenvalue weighted by molar-refractivity contribution is 7.86. The van der Waals surface area contributed by atoms with Gasteiger partial charge >= 0.3 is 12.1 Å². The van der Waals surface area contributed by atoms with Crippen molar-refractivity contribution in [3.05, 3.63) is 35.9 Å². The number of hydrogen-bond donors (Lipinski definition) is 0. The monoisotopic (exact) mass is 326 g/mol. The molecule has 1 atom stereocenters. The van der Waals surface area contributed by atoms with Gasteiger partial charge in [-0.05, 0) is 12.5 Å². The highest BCUT2D eigenvalue weighted by Crippen LogP contribution is 2.19. The lowest BCUT2D eigenvalue weighted by Gasteiger charge is -2.13. The molecule has 21 heavy (non-hydrogen) atoms. The maximum Gasteiger partial charge on any atom is 0.405 e. The molecular weight excluding hydrogens is 313 g/mol. The minimum Gasteiger partial charge on any atom is -0.459 e. The van der Waals surface area contributed by atoms with Crippen LogP contribution in [-0.2, 0) is 30.4 Å². The van der Waals surface area contributed by atoms with E-state index in [1.165, 1.54) is 0 Å². The molecule has 0 saturated carbocycles. The summed E-state index contributed by atoms with van der Waals surface area (Å²) >= 11 is 0. The number of alkyl halides is 3. The van der Waals surface area contributed by atoms with E-state index in [9.17, 15) is 26.4 Å². The molecule has 0 aliphatic heterocycles. The van der Waals surface area contributed by atoms with E-state index in [4.69, 9.17) is 4.74 Å². The fraction of sp³-hybridized carbons (Fsp3) is 0.417. The van der Waals surface area contributed by atoms with Crippen molar-refractivity contribution >= 4 is 16.1 Å². The lowest BCUT2D eigenvalue weighted by atomic mass is 10.2. The zero-order valence-corrected chi connectivity index (χ0v) is 11.8. The first-order valence-electron chi connectivity index (χ1n) is 5.77. The Morgan fingerprint density at radius 1 is 1.24 bits per heavy atom. The maximum atomic E-state index is 12.0. The van der Waals surface area contributed by atoms with Crippen LogP contribution in [0.1, 0.15) is 12.5 Å². The van der Waals surface area contributed by atoms with Gasteiger partial charge in [-0.25, -0.2) is 4.79 Å². The predicted octanol–water partition coefficient (Wildman–Crippen LogP) is 2.03. The van der Waals surface area contributed by atoms with Gasteiger partial charge in [0, 0.05) is 0 Å². The van der Waals surface area contributed by atoms with Crippen molar-refractivity contribution in [3.8, 4) is 0 Å². The van der Waals surface area contributed by atoms with E-state index in [1.807, 2.05) is 0 Å². The van der Waals surface area contributed by atoms with Crippen LogP contribution in [-0.4, -0.2) is 32.4 Å². The van der Waals surface area contributed by atoms with Crippen LogP contribution in [0.2, 0.25) is 0 Å². The highest BCUT2D eigenvalue weighted by atomic mass is 32.2. The Bertz CT molecular complexity index is 568. The standard InChI is InChI=1S/C12H13F3O5S/c1-9(20-21(17,18)8-12(13,14)15)11(16)19-7-10-5-3-2-4-6-10/h2-6,9H,7-8H2,1H3. The molecule has 0 aliphatic rings. The number of rotatable bonds is 6. The average molecular weight is 326 g/mol. The van der Waals surface area contributed by atoms with E-state index in [1.54, 1.807) is 30.3 Å². The van der Waals surface area contributed by atoms with Crippen molar-refractivity contribution in [2.75, 3.05) is 5.75 Å². The fourth-order valence-corrected chi connectivity index (χ4v) is 2.33. The van der Waals surface area contributed by atoms with Gasteiger partial charge in [0.25, 0.3) is 10.1 Å². The van der Waals surface area contributed by atoms with Crippen LogP contribution in [0.5, 0.6) is 0 Å². The normalized spacial score (nSPS) is 13.7. The molecule has 0 aliphatic carbocycles. The molecule has 0 N–H and O–H groups in total. The number of carbonyl (C=O) groups is 1. The number of benzene rings is 1. The first-order valence-corrected chi connectivity index (χ1v) is 7.35. The van der Waals surface area contributed by atoms with Gasteiger partial charge in [0.2, 0.25) is 0 Å². The van der Waals surface area contributed by atoms with Gasteiger partial charge in [0.15, 0.2) is 11.9 Å². The Hall–Kier alpha value is -1.61. The van der Waals surface area contributed by atoms with E-state index in [2.05, 4.69) is 4.18 Å². The SMILES string of the molecule is CC(OS(=O)(=O)CC(F)(F)F)C(=O)OCc1ccccc1. The van der Waals surface area contributed by atoms with Gasteiger partial charge < -0.3 is 4.74 Å². The summed E-state index contributed by atoms with van der Waals surface area (Å²) in [5, 5.41) is 0. The van der Waals surface area contributed by atoms with Crippen LogP contribution >= 0.6 is 0 Å². The molecule has 0 bridgehead atoms. The smallest absolute Gasteiger partial charge is 0.405 e. The summed E-state index contributed by atoms with van der Waals surface area (Å²) in [7, 11) is -4.89. The number of carbonyl (C=O) groups excluding carboxylic acids is 1. The molecular formula is C12H13F3O5S. The summed E-state index contributed by atoms with van der Waals surface area (Å²) < 4.78 is 67.1. The fourth-order valence-electron chi connectivity index (χ4n) is 1.34. The predicted molar refractivity (Wildman–Crippen MR) is 66.6 cm³/mol. The molecule has 1 aromatic rings. The molecule has 0 radical (unpaired) electrons. The Labute approximate surface area is 119 Å². The van der Waals surface area contributed by atoms with E-state index in [0.717, 1.165) is 6.92 Å². The molecule has 1 rings (SSSR count). The minimum absolute atomic E-state index is 0.132. The van der Waals surface area contributed by atoms with Crippen LogP contribution < -0.4 is 0 Å². The molecule has 9 heteroatoms. The molecule has 0 amide bonds. The van der Waals surface area contributed by atoms with Crippen LogP contribution in [0.4, 0.5) is 13.2 Å². The molecule has 1 unspecified atom stereocenters. The van der Waals surface area contributed by atoms with Gasteiger partial charge in [-0.15, -0.1) is 0 Å². The molecule has 1 aromatic carbocycles. The summed E-state index contributed by atoms with van der Waals surface area (Å²) in [4.78, 5) is 11.5. The second-order valence-corrected chi connectivity index (χ2v) is 5.75. The van der Waals surface area contributed by atoms with Crippen LogP contribution in [0, 0.1) is 0 Å². The lowest BCUT2D eigenvalue weighted by Crippen LogP contribution is -2.31. The third-order valence-electron chi connectivity index (χ3n) is 2.19. The van der Waals surface area contributed by atoms with Crippen molar-refractivity contribution in [1.29, 1.82) is 0 Å². The van der Waals surface area contributed by atoms with Crippen LogP contribution in [0.15, 0.2) is 30.3 Å². The van der Waals surface area contributed by atoms with E-state index >= 15 is 0 Å². The number of hydrogen-bond acceptors (Lipinski definition) is 5. The van der Waals surface area contributed by atoms with Gasteiger partial charge in [-0.2, -0.15) is 21.6 Å². The second-order valence-electron chi connectivity index (χ2n) is 4.15. The average Bonchev–Trinajstić information content (AvgIpc) is 2.33. The molecule has 0 heterocycles. The second kappa shape index (κ2) is 6.90. The Morgan fingerprint density at radius 3 is 2.33 bits per heavy atom. The zero-order chi connectivity index (χ0) is 16.1. The number of ether oxygens (including phenoxy) is 1. The third-order valence-corrected chi connectivity index (χ3v) is 3.45. The molecule has 118 valence electrons. The van der Waals surface area contributed by atoms with Crippen molar-refractivity contribution in [3.63, 3.8) is 0 Å². The molecule has 0 spiro atoms. The summed E-state index contributed by atoms with van der Waals surface area (Å²) in [6, 6.07) is 8.49. The van der Waals surface area contributed by atoms with Crippen LogP contribution in [0.3, 0.4) is 0 Å². The molecule has 0 saturated heterocycles. The zero-order valence-electron chi connectivity index (χ0n) is 11.0. The summed E-state index contributed by atoms with van der Waals surface area (Å²) in [6.07, 6.45) is -6.59. The van der Waals surface area contributed by atoms with Gasteiger partial charge in [-0.3, -0.25) is 4.18 Å². The van der Waals surface area contributed by atoms with Gasteiger partial charge in [0.1, 0.15) is 6.61 Å². The van der Waals surface area contributed by atoms with E-state index in [-0.39, 0.29) is 6.61 Å². The Morgan fingerprint density at radius 2 is 1.81 bits per heavy atom. The molecule has 0 aromatic heterocycles. The minimum atomic E-state index is -4.94.